The Hall–Kier alpha value is -3.05. The van der Waals surface area contributed by atoms with Crippen LogP contribution in [0.15, 0.2) is 59.6 Å². The number of rotatable bonds is 8. The molecule has 2 aliphatic rings. The number of carbonyl (C=O) groups is 2. The molecule has 210 valence electrons. The first kappa shape index (κ1) is 28.9. The van der Waals surface area contributed by atoms with Crippen LogP contribution in [-0.4, -0.2) is 78.6 Å². The summed E-state index contributed by atoms with van der Waals surface area (Å²) in [6.07, 6.45) is 0.188. The maximum atomic E-state index is 13.5. The van der Waals surface area contributed by atoms with E-state index >= 15 is 0 Å². The van der Waals surface area contributed by atoms with E-state index < -0.39 is 33.5 Å². The van der Waals surface area contributed by atoms with Gasteiger partial charge in [-0.15, -0.1) is 0 Å². The zero-order valence-corrected chi connectivity index (χ0v) is 24.3. The summed E-state index contributed by atoms with van der Waals surface area (Å²) < 4.78 is 35.4. The molecule has 2 aromatic carbocycles. The first-order chi connectivity index (χ1) is 18.4. The van der Waals surface area contributed by atoms with E-state index in [-0.39, 0.29) is 29.2 Å². The van der Waals surface area contributed by atoms with Gasteiger partial charge in [-0.2, -0.15) is 4.99 Å². The molecule has 0 spiro atoms. The molecule has 0 unspecified atom stereocenters. The summed E-state index contributed by atoms with van der Waals surface area (Å²) in [5, 5.41) is 2.99. The molecule has 2 aliphatic heterocycles. The molecule has 0 bridgehead atoms. The number of hydrogen-bond donors (Lipinski definition) is 1. The molecule has 2 heterocycles. The monoisotopic (exact) mass is 573 g/mol. The molecule has 2 aromatic rings. The Labute approximate surface area is 234 Å². The van der Waals surface area contributed by atoms with Crippen molar-refractivity contribution in [2.75, 3.05) is 25.2 Å². The number of alkyl carbamates (subject to hydrolysis) is 1. The fourth-order valence-corrected chi connectivity index (χ4v) is 8.59. The molecule has 0 radical (unpaired) electrons. The Bertz CT molecular complexity index is 1310. The lowest BCUT2D eigenvalue weighted by atomic mass is 10.1. The van der Waals surface area contributed by atoms with E-state index in [2.05, 4.69) is 10.3 Å². The topological polar surface area (TPSA) is 114 Å². The maximum Gasteiger partial charge on any atom is 0.408 e. The predicted octanol–water partition coefficient (Wildman–Crippen LogP) is 3.47. The minimum Gasteiger partial charge on any atom is -0.497 e. The van der Waals surface area contributed by atoms with E-state index in [1.54, 1.807) is 27.9 Å². The van der Waals surface area contributed by atoms with Crippen LogP contribution >= 0.6 is 11.8 Å². The zero-order valence-electron chi connectivity index (χ0n) is 22.6. The lowest BCUT2D eigenvalue weighted by Crippen LogP contribution is -2.45. The van der Waals surface area contributed by atoms with Crippen molar-refractivity contribution >= 4 is 38.8 Å². The number of thioether (sulfide) groups is 1. The van der Waals surface area contributed by atoms with Crippen molar-refractivity contribution in [3.8, 4) is 5.75 Å². The standard InChI is InChI=1S/C28H35N3O6S2/c1-28(2,3)37-27(33)29-22(16-20-8-6-5-7-9-20)25(32)30-26-31(23-17-39(34,35)18-24(23)38-26)15-14-19-10-12-21(36-4)13-11-19/h5-13,22-24H,14-18H2,1-4H3,(H,29,33)/t22-,23+,24-/m0/s1. The highest BCUT2D eigenvalue weighted by atomic mass is 32.2. The van der Waals surface area contributed by atoms with Gasteiger partial charge in [-0.05, 0) is 50.5 Å². The molecule has 2 amide bonds. The number of sulfone groups is 1. The van der Waals surface area contributed by atoms with Crippen molar-refractivity contribution in [2.24, 2.45) is 4.99 Å². The number of aliphatic imine (C=N–C) groups is 1. The molecule has 2 saturated heterocycles. The number of fused-ring (bicyclic) bond motifs is 1. The third-order valence-corrected chi connectivity index (χ3v) is 9.70. The van der Waals surface area contributed by atoms with Crippen LogP contribution in [0, 0.1) is 0 Å². The number of hydrogen-bond acceptors (Lipinski definition) is 7. The molecule has 9 nitrogen and oxygen atoms in total. The van der Waals surface area contributed by atoms with Gasteiger partial charge < -0.3 is 19.7 Å². The molecule has 4 rings (SSSR count). The lowest BCUT2D eigenvalue weighted by Gasteiger charge is -2.25. The zero-order chi connectivity index (χ0) is 28.2. The van der Waals surface area contributed by atoms with E-state index in [1.165, 1.54) is 11.8 Å². The summed E-state index contributed by atoms with van der Waals surface area (Å²) in [4.78, 5) is 32.5. The summed E-state index contributed by atoms with van der Waals surface area (Å²) in [7, 11) is -1.55. The Morgan fingerprint density at radius 3 is 2.41 bits per heavy atom. The maximum absolute atomic E-state index is 13.5. The van der Waals surface area contributed by atoms with Crippen LogP contribution in [-0.2, 0) is 32.2 Å². The molecule has 11 heteroatoms. The average Bonchev–Trinajstić information content (AvgIpc) is 3.32. The SMILES string of the molecule is COc1ccc(CCN2C(=NC(=O)[C@H](Cc3ccccc3)NC(=O)OC(C)(C)C)S[C@H]3CS(=O)(=O)C[C@H]32)cc1. The van der Waals surface area contributed by atoms with Crippen molar-refractivity contribution < 1.29 is 27.5 Å². The average molecular weight is 574 g/mol. The van der Waals surface area contributed by atoms with Crippen molar-refractivity contribution in [2.45, 2.75) is 56.5 Å². The van der Waals surface area contributed by atoms with Crippen LogP contribution in [0.25, 0.3) is 0 Å². The van der Waals surface area contributed by atoms with E-state index in [1.807, 2.05) is 59.5 Å². The van der Waals surface area contributed by atoms with E-state index in [9.17, 15) is 18.0 Å². The van der Waals surface area contributed by atoms with Gasteiger partial charge >= 0.3 is 6.09 Å². The third-order valence-electron chi connectivity index (χ3n) is 6.45. The van der Waals surface area contributed by atoms with Crippen LogP contribution in [0.1, 0.15) is 31.9 Å². The third kappa shape index (κ3) is 7.98. The fourth-order valence-electron chi connectivity index (χ4n) is 4.61. The number of ether oxygens (including phenoxy) is 2. The van der Waals surface area contributed by atoms with Gasteiger partial charge in [-0.25, -0.2) is 13.2 Å². The quantitative estimate of drug-likeness (QED) is 0.511. The van der Waals surface area contributed by atoms with Gasteiger partial charge in [0, 0.05) is 18.2 Å². The van der Waals surface area contributed by atoms with Gasteiger partial charge in [-0.3, -0.25) is 4.79 Å². The van der Waals surface area contributed by atoms with Gasteiger partial charge in [0.15, 0.2) is 15.0 Å². The van der Waals surface area contributed by atoms with Gasteiger partial charge in [-0.1, -0.05) is 54.2 Å². The number of amides is 2. The smallest absolute Gasteiger partial charge is 0.408 e. The minimum absolute atomic E-state index is 0.0318. The summed E-state index contributed by atoms with van der Waals surface area (Å²) in [5.41, 5.74) is 1.20. The summed E-state index contributed by atoms with van der Waals surface area (Å²) in [6, 6.07) is 15.9. The Balaban J connectivity index is 1.56. The molecule has 39 heavy (non-hydrogen) atoms. The van der Waals surface area contributed by atoms with Crippen LogP contribution in [0.5, 0.6) is 5.75 Å². The second-order valence-corrected chi connectivity index (χ2v) is 14.1. The van der Waals surface area contributed by atoms with Crippen molar-refractivity contribution in [1.82, 2.24) is 10.2 Å². The van der Waals surface area contributed by atoms with Crippen molar-refractivity contribution in [3.63, 3.8) is 0 Å². The second-order valence-electron chi connectivity index (χ2n) is 10.7. The summed E-state index contributed by atoms with van der Waals surface area (Å²) in [6.45, 7) is 5.77. The fraction of sp³-hybridized carbons (Fsp3) is 0.464. The molecule has 0 aliphatic carbocycles. The van der Waals surface area contributed by atoms with Crippen LogP contribution in [0.2, 0.25) is 0 Å². The van der Waals surface area contributed by atoms with E-state index in [0.717, 1.165) is 16.9 Å². The number of nitrogens with one attached hydrogen (secondary N) is 1. The largest absolute Gasteiger partial charge is 0.497 e. The number of methoxy groups -OCH3 is 1. The van der Waals surface area contributed by atoms with Crippen LogP contribution < -0.4 is 10.1 Å². The van der Waals surface area contributed by atoms with Gasteiger partial charge in [0.2, 0.25) is 0 Å². The van der Waals surface area contributed by atoms with Crippen molar-refractivity contribution in [3.05, 3.63) is 65.7 Å². The summed E-state index contributed by atoms with van der Waals surface area (Å²) in [5.74, 6) is 0.333. The van der Waals surface area contributed by atoms with Gasteiger partial charge in [0.05, 0.1) is 24.7 Å². The number of nitrogens with zero attached hydrogens (tertiary/aromatic N) is 2. The first-order valence-corrected chi connectivity index (χ1v) is 15.6. The van der Waals surface area contributed by atoms with Crippen LogP contribution in [0.4, 0.5) is 4.79 Å². The molecular formula is C28H35N3O6S2. The Morgan fingerprint density at radius 1 is 1.08 bits per heavy atom. The van der Waals surface area contributed by atoms with E-state index in [0.29, 0.717) is 18.1 Å². The molecule has 0 saturated carbocycles. The summed E-state index contributed by atoms with van der Waals surface area (Å²) >= 11 is 1.33. The lowest BCUT2D eigenvalue weighted by molar-refractivity contribution is -0.119. The van der Waals surface area contributed by atoms with Gasteiger partial charge in [0.1, 0.15) is 17.4 Å². The number of amidine groups is 1. The molecule has 1 N–H and O–H groups in total. The highest BCUT2D eigenvalue weighted by molar-refractivity contribution is 8.15. The molecular weight excluding hydrogens is 538 g/mol. The highest BCUT2D eigenvalue weighted by Crippen LogP contribution is 2.38. The number of carbonyl (C=O) groups excluding carboxylic acids is 2. The molecule has 0 aromatic heterocycles. The van der Waals surface area contributed by atoms with Crippen LogP contribution in [0.3, 0.4) is 0 Å². The first-order valence-electron chi connectivity index (χ1n) is 12.8. The molecule has 3 atom stereocenters. The second kappa shape index (κ2) is 12.0. The highest BCUT2D eigenvalue weighted by Gasteiger charge is 2.48. The predicted molar refractivity (Wildman–Crippen MR) is 153 cm³/mol. The Kier molecular flexibility index (Phi) is 8.90. The normalized spacial score (nSPS) is 21.8. The van der Waals surface area contributed by atoms with E-state index in [4.69, 9.17) is 9.47 Å². The van der Waals surface area contributed by atoms with Gasteiger partial charge in [0.25, 0.3) is 5.91 Å². The molecule has 2 fully saturated rings. The Morgan fingerprint density at radius 2 is 1.77 bits per heavy atom. The minimum atomic E-state index is -3.17. The number of benzene rings is 2. The van der Waals surface area contributed by atoms with Crippen molar-refractivity contribution in [1.29, 1.82) is 0 Å².